The number of likely N-dealkylation sites (tertiary alicyclic amines) is 2. The molecule has 21 heavy (non-hydrogen) atoms. The van der Waals surface area contributed by atoms with E-state index < -0.39 is 0 Å². The van der Waals surface area contributed by atoms with Gasteiger partial charge in [0.2, 0.25) is 23.6 Å². The van der Waals surface area contributed by atoms with E-state index in [0.29, 0.717) is 58.8 Å². The Morgan fingerprint density at radius 2 is 0.952 bits per heavy atom. The number of nitrogens with zero attached hydrogens (tertiary/aromatic N) is 4. The predicted octanol–water partition coefficient (Wildman–Crippen LogP) is -1.23. The summed E-state index contributed by atoms with van der Waals surface area (Å²) in [5, 5.41) is 0. The van der Waals surface area contributed by atoms with E-state index in [4.69, 9.17) is 0 Å². The van der Waals surface area contributed by atoms with E-state index >= 15 is 0 Å². The first-order valence-electron chi connectivity index (χ1n) is 7.15. The highest BCUT2D eigenvalue weighted by molar-refractivity contribution is 6.02. The fraction of sp³-hybridized carbons (Fsp3) is 0.692. The fourth-order valence-electron chi connectivity index (χ4n) is 2.90. The van der Waals surface area contributed by atoms with E-state index in [0.717, 1.165) is 0 Å². The summed E-state index contributed by atoms with van der Waals surface area (Å²) in [6.45, 7) is 2.58. The number of imide groups is 2. The van der Waals surface area contributed by atoms with Gasteiger partial charge in [0.05, 0.1) is 20.0 Å². The Morgan fingerprint density at radius 1 is 0.619 bits per heavy atom. The number of amides is 4. The molecule has 114 valence electrons. The minimum Gasteiger partial charge on any atom is -0.274 e. The minimum absolute atomic E-state index is 0.122. The van der Waals surface area contributed by atoms with Crippen molar-refractivity contribution in [1.29, 1.82) is 0 Å². The molecule has 0 aromatic heterocycles. The highest BCUT2D eigenvalue weighted by Crippen LogP contribution is 2.16. The third-order valence-corrected chi connectivity index (χ3v) is 4.12. The van der Waals surface area contributed by atoms with Crippen molar-refractivity contribution in [2.24, 2.45) is 0 Å². The number of hydrogen-bond donors (Lipinski definition) is 0. The molecule has 3 heterocycles. The maximum atomic E-state index is 11.6. The van der Waals surface area contributed by atoms with Gasteiger partial charge in [-0.2, -0.15) is 0 Å². The summed E-state index contributed by atoms with van der Waals surface area (Å²) >= 11 is 0. The monoisotopic (exact) mass is 294 g/mol. The first-order valence-corrected chi connectivity index (χ1v) is 7.15. The van der Waals surface area contributed by atoms with Gasteiger partial charge in [0.25, 0.3) is 0 Å². The van der Waals surface area contributed by atoms with Crippen LogP contribution in [0.2, 0.25) is 0 Å². The van der Waals surface area contributed by atoms with E-state index in [2.05, 4.69) is 0 Å². The molecule has 0 N–H and O–H groups in total. The van der Waals surface area contributed by atoms with E-state index in [1.807, 2.05) is 9.80 Å². The molecule has 0 aromatic rings. The van der Waals surface area contributed by atoms with Crippen molar-refractivity contribution in [2.45, 2.75) is 25.7 Å². The smallest absolute Gasteiger partial charge is 0.230 e. The molecule has 3 aliphatic rings. The molecule has 0 unspecified atom stereocenters. The summed E-state index contributed by atoms with van der Waals surface area (Å²) in [4.78, 5) is 52.9. The zero-order valence-electron chi connectivity index (χ0n) is 11.8. The standard InChI is InChI=1S/C13H18N4O4/c18-10-1-2-11(19)16(10)8-14-5-6-15(7-14)9-17-12(20)3-4-13(17)21/h1-9H2. The molecule has 0 bridgehead atoms. The predicted molar refractivity (Wildman–Crippen MR) is 70.2 cm³/mol. The van der Waals surface area contributed by atoms with Crippen molar-refractivity contribution in [3.63, 3.8) is 0 Å². The van der Waals surface area contributed by atoms with E-state index in [1.165, 1.54) is 9.80 Å². The molecule has 0 saturated carbocycles. The third kappa shape index (κ3) is 2.81. The molecular weight excluding hydrogens is 276 g/mol. The largest absolute Gasteiger partial charge is 0.274 e. The van der Waals surface area contributed by atoms with Crippen LogP contribution in [0.4, 0.5) is 0 Å². The molecule has 0 aliphatic carbocycles. The molecule has 0 radical (unpaired) electrons. The van der Waals surface area contributed by atoms with E-state index in [9.17, 15) is 19.2 Å². The lowest BCUT2D eigenvalue weighted by Crippen LogP contribution is -2.43. The van der Waals surface area contributed by atoms with Crippen molar-refractivity contribution in [2.75, 3.05) is 33.1 Å². The molecule has 0 atom stereocenters. The van der Waals surface area contributed by atoms with Crippen LogP contribution >= 0.6 is 0 Å². The second-order valence-electron chi connectivity index (χ2n) is 5.64. The number of hydrogen-bond acceptors (Lipinski definition) is 6. The lowest BCUT2D eigenvalue weighted by Gasteiger charge is -2.24. The van der Waals surface area contributed by atoms with Crippen molar-refractivity contribution >= 4 is 23.6 Å². The zero-order valence-corrected chi connectivity index (χ0v) is 11.8. The van der Waals surface area contributed by atoms with Crippen molar-refractivity contribution in [3.05, 3.63) is 0 Å². The Labute approximate surface area is 122 Å². The summed E-state index contributed by atoms with van der Waals surface area (Å²) in [7, 11) is 0. The van der Waals surface area contributed by atoms with Gasteiger partial charge in [-0.25, -0.2) is 0 Å². The molecule has 3 aliphatic heterocycles. The Bertz CT molecular complexity index is 430. The second-order valence-corrected chi connectivity index (χ2v) is 5.64. The molecule has 0 spiro atoms. The summed E-state index contributed by atoms with van der Waals surface area (Å²) < 4.78 is 0. The Hall–Kier alpha value is -1.80. The topological polar surface area (TPSA) is 81.2 Å². The lowest BCUT2D eigenvalue weighted by atomic mass is 10.4. The summed E-state index contributed by atoms with van der Waals surface area (Å²) in [5.41, 5.74) is 0. The lowest BCUT2D eigenvalue weighted by molar-refractivity contribution is -0.141. The summed E-state index contributed by atoms with van der Waals surface area (Å²) in [5.74, 6) is -0.488. The van der Waals surface area contributed by atoms with Crippen molar-refractivity contribution < 1.29 is 19.2 Å². The zero-order chi connectivity index (χ0) is 15.0. The summed E-state index contributed by atoms with van der Waals surface area (Å²) in [6.07, 6.45) is 1.20. The average Bonchev–Trinajstić information content (AvgIpc) is 3.11. The van der Waals surface area contributed by atoms with Crippen LogP contribution < -0.4 is 0 Å². The molecular formula is C13H18N4O4. The highest BCUT2D eigenvalue weighted by atomic mass is 16.2. The van der Waals surface area contributed by atoms with Gasteiger partial charge in [0.15, 0.2) is 0 Å². The first-order chi connectivity index (χ1) is 10.0. The maximum absolute atomic E-state index is 11.6. The van der Waals surface area contributed by atoms with E-state index in [-0.39, 0.29) is 23.6 Å². The highest BCUT2D eigenvalue weighted by Gasteiger charge is 2.34. The number of carbonyl (C=O) groups excluding carboxylic acids is 4. The quantitative estimate of drug-likeness (QED) is 0.604. The van der Waals surface area contributed by atoms with Gasteiger partial charge in [0, 0.05) is 38.8 Å². The van der Waals surface area contributed by atoms with Crippen LogP contribution in [0.25, 0.3) is 0 Å². The van der Waals surface area contributed by atoms with Gasteiger partial charge < -0.3 is 0 Å². The maximum Gasteiger partial charge on any atom is 0.230 e. The number of carbonyl (C=O) groups is 4. The second kappa shape index (κ2) is 5.53. The van der Waals surface area contributed by atoms with Crippen LogP contribution in [-0.2, 0) is 19.2 Å². The van der Waals surface area contributed by atoms with Crippen LogP contribution in [0.3, 0.4) is 0 Å². The summed E-state index contributed by atoms with van der Waals surface area (Å²) in [6, 6.07) is 0. The SMILES string of the molecule is O=C1CCC(=O)N1CN1CCN(CN2C(=O)CCC2=O)C1. The van der Waals surface area contributed by atoms with Crippen molar-refractivity contribution in [1.82, 2.24) is 19.6 Å². The van der Waals surface area contributed by atoms with Gasteiger partial charge in [-0.15, -0.1) is 0 Å². The van der Waals surface area contributed by atoms with Gasteiger partial charge in [-0.1, -0.05) is 0 Å². The first kappa shape index (κ1) is 14.2. The van der Waals surface area contributed by atoms with Gasteiger partial charge in [-0.3, -0.25) is 38.8 Å². The third-order valence-electron chi connectivity index (χ3n) is 4.12. The Kier molecular flexibility index (Phi) is 3.73. The molecule has 3 rings (SSSR count). The normalized spacial score (nSPS) is 25.0. The molecule has 4 amide bonds. The van der Waals surface area contributed by atoms with Crippen molar-refractivity contribution in [3.8, 4) is 0 Å². The van der Waals surface area contributed by atoms with Crippen LogP contribution in [0.15, 0.2) is 0 Å². The van der Waals surface area contributed by atoms with E-state index in [1.54, 1.807) is 0 Å². The number of rotatable bonds is 4. The average molecular weight is 294 g/mol. The molecule has 3 saturated heterocycles. The Balaban J connectivity index is 1.51. The van der Waals surface area contributed by atoms with Gasteiger partial charge >= 0.3 is 0 Å². The minimum atomic E-state index is -0.122. The molecule has 3 fully saturated rings. The molecule has 8 heteroatoms. The van der Waals surface area contributed by atoms with Crippen LogP contribution in [0.1, 0.15) is 25.7 Å². The Morgan fingerprint density at radius 3 is 1.29 bits per heavy atom. The molecule has 8 nitrogen and oxygen atoms in total. The fourth-order valence-corrected chi connectivity index (χ4v) is 2.90. The molecule has 0 aromatic carbocycles. The van der Waals surface area contributed by atoms with Gasteiger partial charge in [0.1, 0.15) is 0 Å². The van der Waals surface area contributed by atoms with Crippen LogP contribution in [0.5, 0.6) is 0 Å². The van der Waals surface area contributed by atoms with Gasteiger partial charge in [-0.05, 0) is 0 Å². The van der Waals surface area contributed by atoms with Crippen LogP contribution in [-0.4, -0.2) is 76.3 Å². The van der Waals surface area contributed by atoms with Crippen LogP contribution in [0, 0.1) is 0 Å².